The second-order valence-electron chi connectivity index (χ2n) is 9.31. The third kappa shape index (κ3) is 4.14. The van der Waals surface area contributed by atoms with Crippen LogP contribution >= 0.6 is 0 Å². The van der Waals surface area contributed by atoms with Gasteiger partial charge in [0.1, 0.15) is 23.7 Å². The molecular weight excluding hydrogens is 461 g/mol. The predicted octanol–water partition coefficient (Wildman–Crippen LogP) is 4.25. The molecule has 0 aliphatic carbocycles. The van der Waals surface area contributed by atoms with Gasteiger partial charge in [0.05, 0.1) is 37.2 Å². The first kappa shape index (κ1) is 23.1. The number of ether oxygens (including phenoxy) is 2. The van der Waals surface area contributed by atoms with E-state index in [-0.39, 0.29) is 18.8 Å². The van der Waals surface area contributed by atoms with Crippen molar-refractivity contribution in [2.75, 3.05) is 37.9 Å². The molecule has 2 aliphatic rings. The van der Waals surface area contributed by atoms with E-state index >= 15 is 0 Å². The van der Waals surface area contributed by atoms with Crippen LogP contribution in [0.15, 0.2) is 42.9 Å². The molecule has 4 aromatic rings. The van der Waals surface area contributed by atoms with E-state index < -0.39 is 6.67 Å². The van der Waals surface area contributed by atoms with Gasteiger partial charge in [-0.2, -0.15) is 10.2 Å². The summed E-state index contributed by atoms with van der Waals surface area (Å²) in [5.41, 5.74) is 4.19. The first-order valence-electron chi connectivity index (χ1n) is 12.6. The molecule has 0 bridgehead atoms. The fourth-order valence-corrected chi connectivity index (χ4v) is 5.22. The SMILES string of the molecule is C[C@@H]1COCCN1c1cc(-c2ccnn2CCF)c2ccnc(-c3ccnn3C3CCCCO3)c2n1. The molecule has 2 atom stereocenters. The van der Waals surface area contributed by atoms with Crippen LogP contribution in [0.4, 0.5) is 10.2 Å². The van der Waals surface area contributed by atoms with Crippen molar-refractivity contribution in [1.82, 2.24) is 29.5 Å². The van der Waals surface area contributed by atoms with Gasteiger partial charge in [-0.05, 0) is 50.5 Å². The Morgan fingerprint density at radius 2 is 1.94 bits per heavy atom. The van der Waals surface area contributed by atoms with Crippen molar-refractivity contribution in [3.8, 4) is 22.6 Å². The lowest BCUT2D eigenvalue weighted by molar-refractivity contribution is -0.0383. The summed E-state index contributed by atoms with van der Waals surface area (Å²) in [5.74, 6) is 0.843. The maximum atomic E-state index is 13.3. The molecule has 1 unspecified atom stereocenters. The molecule has 188 valence electrons. The molecule has 0 N–H and O–H groups in total. The van der Waals surface area contributed by atoms with Crippen LogP contribution in [0.2, 0.25) is 0 Å². The number of nitrogens with zero attached hydrogens (tertiary/aromatic N) is 7. The molecule has 0 aromatic carbocycles. The number of morpholine rings is 1. The Kier molecular flexibility index (Phi) is 6.37. The van der Waals surface area contributed by atoms with Gasteiger partial charge < -0.3 is 14.4 Å². The molecule has 2 saturated heterocycles. The van der Waals surface area contributed by atoms with Gasteiger partial charge in [0.15, 0.2) is 6.23 Å². The summed E-state index contributed by atoms with van der Waals surface area (Å²) < 4.78 is 28.7. The van der Waals surface area contributed by atoms with E-state index in [2.05, 4.69) is 28.1 Å². The molecule has 0 radical (unpaired) electrons. The zero-order chi connectivity index (χ0) is 24.5. The lowest BCUT2D eigenvalue weighted by atomic mass is 10.0. The monoisotopic (exact) mass is 491 g/mol. The molecule has 0 amide bonds. The number of pyridine rings is 2. The molecule has 36 heavy (non-hydrogen) atoms. The zero-order valence-corrected chi connectivity index (χ0v) is 20.4. The fraction of sp³-hybridized carbons (Fsp3) is 0.462. The van der Waals surface area contributed by atoms with Gasteiger partial charge in [0.2, 0.25) is 0 Å². The van der Waals surface area contributed by atoms with E-state index in [4.69, 9.17) is 19.4 Å². The molecule has 2 aliphatic heterocycles. The Morgan fingerprint density at radius 1 is 1.06 bits per heavy atom. The summed E-state index contributed by atoms with van der Waals surface area (Å²) in [5, 5.41) is 9.90. The Hall–Kier alpha value is -3.37. The van der Waals surface area contributed by atoms with Gasteiger partial charge in [-0.3, -0.25) is 9.67 Å². The van der Waals surface area contributed by atoms with Gasteiger partial charge in [0.25, 0.3) is 0 Å². The number of aromatic nitrogens is 6. The van der Waals surface area contributed by atoms with E-state index in [0.717, 1.165) is 71.8 Å². The molecular formula is C26H30FN7O2. The quantitative estimate of drug-likeness (QED) is 0.399. The third-order valence-corrected chi connectivity index (χ3v) is 7.01. The number of hydrogen-bond donors (Lipinski definition) is 0. The number of alkyl halides is 1. The average Bonchev–Trinajstić information content (AvgIpc) is 3.59. The number of halogens is 1. The summed E-state index contributed by atoms with van der Waals surface area (Å²) in [4.78, 5) is 12.2. The van der Waals surface area contributed by atoms with Crippen LogP contribution in [-0.4, -0.2) is 68.6 Å². The normalized spacial score (nSPS) is 20.8. The second kappa shape index (κ2) is 9.94. The standard InChI is InChI=1S/C26H30FN7O2/c1-18-17-35-15-13-32(18)23-16-20(21-6-10-29-33(21)12-8-27)19-5-9-28-26(25(19)31-23)22-7-11-30-34(22)24-4-2-3-14-36-24/h5-7,9-11,16,18,24H,2-4,8,12-15,17H2,1H3/t18-,24?/m1/s1. The Labute approximate surface area is 208 Å². The highest BCUT2D eigenvalue weighted by Gasteiger charge is 2.26. The highest BCUT2D eigenvalue weighted by molar-refractivity contribution is 6.01. The van der Waals surface area contributed by atoms with Crippen molar-refractivity contribution in [3.05, 3.63) is 42.9 Å². The Morgan fingerprint density at radius 3 is 2.78 bits per heavy atom. The van der Waals surface area contributed by atoms with Gasteiger partial charge in [-0.25, -0.2) is 14.1 Å². The third-order valence-electron chi connectivity index (χ3n) is 7.01. The maximum absolute atomic E-state index is 13.3. The van der Waals surface area contributed by atoms with E-state index in [1.807, 2.05) is 22.9 Å². The van der Waals surface area contributed by atoms with Crippen molar-refractivity contribution in [1.29, 1.82) is 0 Å². The second-order valence-corrected chi connectivity index (χ2v) is 9.31. The van der Waals surface area contributed by atoms with E-state index in [1.54, 1.807) is 23.3 Å². The number of aryl methyl sites for hydroxylation is 1. The molecule has 6 rings (SSSR count). The smallest absolute Gasteiger partial charge is 0.150 e. The molecule has 6 heterocycles. The zero-order valence-electron chi connectivity index (χ0n) is 20.4. The number of hydrogen-bond acceptors (Lipinski definition) is 7. The van der Waals surface area contributed by atoms with Crippen LogP contribution in [0.3, 0.4) is 0 Å². The highest BCUT2D eigenvalue weighted by Crippen LogP contribution is 2.37. The molecule has 4 aromatic heterocycles. The van der Waals surface area contributed by atoms with Gasteiger partial charge in [0, 0.05) is 42.7 Å². The molecule has 10 heteroatoms. The van der Waals surface area contributed by atoms with Crippen molar-refractivity contribution in [2.24, 2.45) is 0 Å². The van der Waals surface area contributed by atoms with Crippen LogP contribution in [0.1, 0.15) is 32.4 Å². The van der Waals surface area contributed by atoms with Crippen LogP contribution in [0.25, 0.3) is 33.5 Å². The first-order valence-corrected chi connectivity index (χ1v) is 12.6. The Bertz CT molecular complexity index is 1350. The summed E-state index contributed by atoms with van der Waals surface area (Å²) in [6.07, 6.45) is 8.27. The van der Waals surface area contributed by atoms with Crippen LogP contribution in [-0.2, 0) is 16.0 Å². The van der Waals surface area contributed by atoms with Crippen LogP contribution < -0.4 is 4.90 Å². The van der Waals surface area contributed by atoms with Crippen molar-refractivity contribution in [3.63, 3.8) is 0 Å². The highest BCUT2D eigenvalue weighted by atomic mass is 19.1. The Balaban J connectivity index is 1.56. The van der Waals surface area contributed by atoms with Crippen molar-refractivity contribution >= 4 is 16.7 Å². The average molecular weight is 492 g/mol. The van der Waals surface area contributed by atoms with Gasteiger partial charge in [-0.15, -0.1) is 0 Å². The first-order chi connectivity index (χ1) is 17.7. The maximum Gasteiger partial charge on any atom is 0.150 e. The minimum atomic E-state index is -0.488. The minimum absolute atomic E-state index is 0.117. The van der Waals surface area contributed by atoms with Gasteiger partial charge in [-0.1, -0.05) is 0 Å². The van der Waals surface area contributed by atoms with Crippen molar-refractivity contribution in [2.45, 2.75) is 45.0 Å². The summed E-state index contributed by atoms with van der Waals surface area (Å²) >= 11 is 0. The topological polar surface area (TPSA) is 83.1 Å². The lowest BCUT2D eigenvalue weighted by Gasteiger charge is -2.34. The number of fused-ring (bicyclic) bond motifs is 1. The van der Waals surface area contributed by atoms with Crippen LogP contribution in [0, 0.1) is 0 Å². The molecule has 9 nitrogen and oxygen atoms in total. The lowest BCUT2D eigenvalue weighted by Crippen LogP contribution is -2.44. The number of rotatable bonds is 6. The van der Waals surface area contributed by atoms with Crippen molar-refractivity contribution < 1.29 is 13.9 Å². The minimum Gasteiger partial charge on any atom is -0.377 e. The molecule has 0 saturated carbocycles. The summed E-state index contributed by atoms with van der Waals surface area (Å²) in [7, 11) is 0. The summed E-state index contributed by atoms with van der Waals surface area (Å²) in [6.45, 7) is 4.60. The van der Waals surface area contributed by atoms with Gasteiger partial charge >= 0.3 is 0 Å². The predicted molar refractivity (Wildman–Crippen MR) is 134 cm³/mol. The number of anilines is 1. The fourth-order valence-electron chi connectivity index (χ4n) is 5.22. The van der Waals surface area contributed by atoms with E-state index in [1.165, 1.54) is 0 Å². The molecule has 2 fully saturated rings. The largest absolute Gasteiger partial charge is 0.377 e. The molecule has 0 spiro atoms. The van der Waals surface area contributed by atoms with E-state index in [9.17, 15) is 4.39 Å². The van der Waals surface area contributed by atoms with Crippen LogP contribution in [0.5, 0.6) is 0 Å². The summed E-state index contributed by atoms with van der Waals surface area (Å²) in [6, 6.07) is 8.13. The van der Waals surface area contributed by atoms with E-state index in [0.29, 0.717) is 13.2 Å².